The van der Waals surface area contributed by atoms with Crippen LogP contribution in [0.5, 0.6) is 0 Å². The van der Waals surface area contributed by atoms with Crippen LogP contribution in [0.4, 0.5) is 0 Å². The SMILES string of the molecule is CCOC(=O)c1ncc(C(C)C)s1. The second-order valence-electron chi connectivity index (χ2n) is 2.94. The maximum atomic E-state index is 11.2. The number of aromatic nitrogens is 1. The summed E-state index contributed by atoms with van der Waals surface area (Å²) in [6, 6.07) is 0. The second kappa shape index (κ2) is 4.37. The second-order valence-corrected chi connectivity index (χ2v) is 4.01. The van der Waals surface area contributed by atoms with Gasteiger partial charge in [-0.15, -0.1) is 11.3 Å². The van der Waals surface area contributed by atoms with Gasteiger partial charge >= 0.3 is 5.97 Å². The highest BCUT2D eigenvalue weighted by molar-refractivity contribution is 7.13. The average molecular weight is 199 g/mol. The highest BCUT2D eigenvalue weighted by Crippen LogP contribution is 2.22. The lowest BCUT2D eigenvalue weighted by Crippen LogP contribution is -2.03. The van der Waals surface area contributed by atoms with Crippen LogP contribution in [0.1, 0.15) is 41.4 Å². The fourth-order valence-corrected chi connectivity index (χ4v) is 1.65. The maximum Gasteiger partial charge on any atom is 0.367 e. The predicted octanol–water partition coefficient (Wildman–Crippen LogP) is 2.44. The first kappa shape index (κ1) is 10.2. The largest absolute Gasteiger partial charge is 0.461 e. The summed E-state index contributed by atoms with van der Waals surface area (Å²) in [6.45, 7) is 6.33. The molecule has 1 heterocycles. The standard InChI is InChI=1S/C9H13NO2S/c1-4-12-9(11)8-10-5-7(13-8)6(2)3/h5-6H,4H2,1-3H3. The van der Waals surface area contributed by atoms with Crippen molar-refractivity contribution in [2.24, 2.45) is 0 Å². The first-order valence-electron chi connectivity index (χ1n) is 4.28. The van der Waals surface area contributed by atoms with Gasteiger partial charge in [-0.1, -0.05) is 13.8 Å². The molecule has 0 aliphatic rings. The number of rotatable bonds is 3. The molecule has 0 amide bonds. The van der Waals surface area contributed by atoms with Gasteiger partial charge in [0.05, 0.1) is 6.61 Å². The van der Waals surface area contributed by atoms with E-state index in [0.29, 0.717) is 17.5 Å². The lowest BCUT2D eigenvalue weighted by atomic mass is 10.2. The van der Waals surface area contributed by atoms with E-state index in [9.17, 15) is 4.79 Å². The van der Waals surface area contributed by atoms with E-state index in [-0.39, 0.29) is 5.97 Å². The molecule has 3 nitrogen and oxygen atoms in total. The molecule has 0 aromatic carbocycles. The van der Waals surface area contributed by atoms with Gasteiger partial charge in [-0.2, -0.15) is 0 Å². The zero-order valence-corrected chi connectivity index (χ0v) is 8.85. The number of carbonyl (C=O) groups excluding carboxylic acids is 1. The van der Waals surface area contributed by atoms with E-state index in [4.69, 9.17) is 4.74 Å². The predicted molar refractivity (Wildman–Crippen MR) is 52.2 cm³/mol. The lowest BCUT2D eigenvalue weighted by molar-refractivity contribution is 0.0526. The van der Waals surface area contributed by atoms with Crippen molar-refractivity contribution in [2.45, 2.75) is 26.7 Å². The maximum absolute atomic E-state index is 11.2. The molecule has 72 valence electrons. The molecular formula is C9H13NO2S. The zero-order valence-electron chi connectivity index (χ0n) is 8.03. The molecule has 1 rings (SSSR count). The number of ether oxygens (including phenoxy) is 1. The van der Waals surface area contributed by atoms with Crippen molar-refractivity contribution in [3.63, 3.8) is 0 Å². The molecule has 0 fully saturated rings. The number of esters is 1. The van der Waals surface area contributed by atoms with Gasteiger partial charge in [0.25, 0.3) is 0 Å². The number of carbonyl (C=O) groups is 1. The number of hydrogen-bond acceptors (Lipinski definition) is 4. The Labute approximate surface area is 81.8 Å². The molecule has 0 bridgehead atoms. The number of hydrogen-bond donors (Lipinski definition) is 0. The van der Waals surface area contributed by atoms with Crippen LogP contribution in [0.15, 0.2) is 6.20 Å². The van der Waals surface area contributed by atoms with E-state index in [1.165, 1.54) is 11.3 Å². The van der Waals surface area contributed by atoms with Crippen molar-refractivity contribution in [1.82, 2.24) is 4.98 Å². The Bertz CT molecular complexity index is 294. The summed E-state index contributed by atoms with van der Waals surface area (Å²) >= 11 is 1.40. The van der Waals surface area contributed by atoms with Gasteiger partial charge in [-0.25, -0.2) is 9.78 Å². The Morgan fingerprint density at radius 2 is 2.38 bits per heavy atom. The highest BCUT2D eigenvalue weighted by atomic mass is 32.1. The Balaban J connectivity index is 2.73. The van der Waals surface area contributed by atoms with E-state index in [1.807, 2.05) is 0 Å². The average Bonchev–Trinajstić information content (AvgIpc) is 2.52. The fourth-order valence-electron chi connectivity index (χ4n) is 0.841. The minimum absolute atomic E-state index is 0.320. The van der Waals surface area contributed by atoms with Crippen LogP contribution < -0.4 is 0 Å². The van der Waals surface area contributed by atoms with Crippen LogP contribution in [-0.4, -0.2) is 17.6 Å². The van der Waals surface area contributed by atoms with Crippen molar-refractivity contribution in [3.05, 3.63) is 16.1 Å². The van der Waals surface area contributed by atoms with Crippen LogP contribution in [0.25, 0.3) is 0 Å². The smallest absolute Gasteiger partial charge is 0.367 e. The van der Waals surface area contributed by atoms with Crippen LogP contribution >= 0.6 is 11.3 Å². The molecule has 1 aromatic rings. The molecule has 0 atom stereocenters. The summed E-state index contributed by atoms with van der Waals surface area (Å²) in [6.07, 6.45) is 1.74. The summed E-state index contributed by atoms with van der Waals surface area (Å²) < 4.78 is 4.83. The Hall–Kier alpha value is -0.900. The molecule has 0 aliphatic carbocycles. The van der Waals surface area contributed by atoms with Gasteiger partial charge in [0, 0.05) is 11.1 Å². The van der Waals surface area contributed by atoms with Crippen LogP contribution in [-0.2, 0) is 4.74 Å². The summed E-state index contributed by atoms with van der Waals surface area (Å²) in [4.78, 5) is 16.3. The van der Waals surface area contributed by atoms with Crippen molar-refractivity contribution < 1.29 is 9.53 Å². The molecule has 0 unspecified atom stereocenters. The Morgan fingerprint density at radius 3 is 2.85 bits per heavy atom. The van der Waals surface area contributed by atoms with Crippen LogP contribution in [0.3, 0.4) is 0 Å². The molecule has 0 spiro atoms. The number of thiazole rings is 1. The summed E-state index contributed by atoms with van der Waals surface area (Å²) in [5.74, 6) is 0.0973. The highest BCUT2D eigenvalue weighted by Gasteiger charge is 2.12. The molecule has 0 saturated heterocycles. The third-order valence-electron chi connectivity index (χ3n) is 1.54. The van der Waals surface area contributed by atoms with Gasteiger partial charge in [-0.05, 0) is 12.8 Å². The van der Waals surface area contributed by atoms with Crippen molar-refractivity contribution in [3.8, 4) is 0 Å². The van der Waals surface area contributed by atoms with Crippen LogP contribution in [0.2, 0.25) is 0 Å². The first-order chi connectivity index (χ1) is 6.15. The van der Waals surface area contributed by atoms with E-state index < -0.39 is 0 Å². The molecular weight excluding hydrogens is 186 g/mol. The molecule has 1 aromatic heterocycles. The molecule has 0 saturated carbocycles. The minimum atomic E-state index is -0.320. The molecule has 4 heteroatoms. The summed E-state index contributed by atoms with van der Waals surface area (Å²) in [5.41, 5.74) is 0. The molecule has 13 heavy (non-hydrogen) atoms. The third kappa shape index (κ3) is 2.52. The molecule has 0 radical (unpaired) electrons. The topological polar surface area (TPSA) is 39.2 Å². The van der Waals surface area contributed by atoms with Gasteiger partial charge in [-0.3, -0.25) is 0 Å². The quantitative estimate of drug-likeness (QED) is 0.702. The lowest BCUT2D eigenvalue weighted by Gasteiger charge is -1.97. The zero-order chi connectivity index (χ0) is 9.84. The third-order valence-corrected chi connectivity index (χ3v) is 2.82. The van der Waals surface area contributed by atoms with Gasteiger partial charge in [0.2, 0.25) is 5.01 Å². The van der Waals surface area contributed by atoms with Crippen LogP contribution in [0, 0.1) is 0 Å². The number of nitrogens with zero attached hydrogens (tertiary/aromatic N) is 1. The van der Waals surface area contributed by atoms with Gasteiger partial charge < -0.3 is 4.74 Å². The first-order valence-corrected chi connectivity index (χ1v) is 5.09. The summed E-state index contributed by atoms with van der Waals surface area (Å²) in [5, 5.41) is 0.450. The van der Waals surface area contributed by atoms with Crippen molar-refractivity contribution in [1.29, 1.82) is 0 Å². The van der Waals surface area contributed by atoms with Crippen molar-refractivity contribution >= 4 is 17.3 Å². The molecule has 0 aliphatic heterocycles. The fraction of sp³-hybridized carbons (Fsp3) is 0.556. The van der Waals surface area contributed by atoms with E-state index in [2.05, 4.69) is 18.8 Å². The monoisotopic (exact) mass is 199 g/mol. The Kier molecular flexibility index (Phi) is 3.42. The van der Waals surface area contributed by atoms with Crippen molar-refractivity contribution in [2.75, 3.05) is 6.61 Å². The van der Waals surface area contributed by atoms with E-state index in [0.717, 1.165) is 4.88 Å². The van der Waals surface area contributed by atoms with Gasteiger partial charge in [0.1, 0.15) is 0 Å². The normalized spacial score (nSPS) is 10.5. The van der Waals surface area contributed by atoms with E-state index in [1.54, 1.807) is 13.1 Å². The molecule has 0 N–H and O–H groups in total. The summed E-state index contributed by atoms with van der Waals surface area (Å²) in [7, 11) is 0. The van der Waals surface area contributed by atoms with E-state index >= 15 is 0 Å². The Morgan fingerprint density at radius 1 is 1.69 bits per heavy atom. The van der Waals surface area contributed by atoms with Gasteiger partial charge in [0.15, 0.2) is 0 Å². The minimum Gasteiger partial charge on any atom is -0.461 e.